The molecule has 9 nitrogen and oxygen atoms in total. The predicted octanol–water partition coefficient (Wildman–Crippen LogP) is 4.10. The number of rotatable bonds is 7. The van der Waals surface area contributed by atoms with Gasteiger partial charge in [0.1, 0.15) is 17.6 Å². The zero-order chi connectivity index (χ0) is 26.8. The lowest BCUT2D eigenvalue weighted by Crippen LogP contribution is -2.56. The number of ether oxygens (including phenoxy) is 2. The summed E-state index contributed by atoms with van der Waals surface area (Å²) < 4.78 is 11.2. The minimum absolute atomic E-state index is 0.0593. The van der Waals surface area contributed by atoms with Crippen LogP contribution in [0.25, 0.3) is 0 Å². The number of fused-ring (bicyclic) bond motifs is 1. The van der Waals surface area contributed by atoms with E-state index in [0.717, 1.165) is 50.3 Å². The van der Waals surface area contributed by atoms with Crippen molar-refractivity contribution in [3.63, 3.8) is 0 Å². The predicted molar refractivity (Wildman–Crippen MR) is 149 cm³/mol. The summed E-state index contributed by atoms with van der Waals surface area (Å²) >= 11 is 0. The maximum absolute atomic E-state index is 13.2. The lowest BCUT2D eigenvalue weighted by atomic mass is 9.90. The first-order valence-electron chi connectivity index (χ1n) is 13.7. The van der Waals surface area contributed by atoms with E-state index in [4.69, 9.17) is 14.5 Å². The number of hydrogen-bond acceptors (Lipinski definition) is 8. The second kappa shape index (κ2) is 11.3. The van der Waals surface area contributed by atoms with Gasteiger partial charge >= 0.3 is 0 Å². The highest BCUT2D eigenvalue weighted by molar-refractivity contribution is 6.04. The molecule has 0 bridgehead atoms. The Balaban J connectivity index is 1.40. The molecule has 0 radical (unpaired) electrons. The fourth-order valence-corrected chi connectivity index (χ4v) is 5.88. The SMILES string of the molecule is COc1ccc(C(=O)CC2CCN(C)CC2)cc1Nc1ccc2c(n1)N(C1CCOCC1)[C@H](C)C(=O)N2C. The van der Waals surface area contributed by atoms with Crippen LogP contribution in [0.15, 0.2) is 30.3 Å². The standard InChI is InChI=1S/C29H39N5O4/c1-19-29(36)33(3)24-6-8-27(31-28(24)34(19)22-11-15-38-16-12-22)30-23-18-21(5-7-26(23)37-4)25(35)17-20-9-13-32(2)14-10-20/h5-8,18-20,22H,9-17H2,1-4H3,(H,30,31)/t19-/m1/s1. The van der Waals surface area contributed by atoms with Crippen LogP contribution in [0.1, 0.15) is 49.4 Å². The van der Waals surface area contributed by atoms with Crippen molar-refractivity contribution in [2.75, 3.05) is 62.6 Å². The Kier molecular flexibility index (Phi) is 7.85. The van der Waals surface area contributed by atoms with Crippen molar-refractivity contribution in [2.24, 2.45) is 5.92 Å². The molecular weight excluding hydrogens is 482 g/mol. The average molecular weight is 522 g/mol. The third kappa shape index (κ3) is 5.35. The van der Waals surface area contributed by atoms with Crippen LogP contribution in [-0.2, 0) is 9.53 Å². The molecule has 0 unspecified atom stereocenters. The minimum Gasteiger partial charge on any atom is -0.495 e. The number of anilines is 4. The molecule has 1 N–H and O–H groups in total. The Morgan fingerprint density at radius 2 is 1.84 bits per heavy atom. The molecule has 2 aromatic rings. The molecule has 5 rings (SSSR count). The molecule has 0 aliphatic carbocycles. The van der Waals surface area contributed by atoms with Crippen LogP contribution in [-0.4, -0.2) is 81.2 Å². The second-order valence-electron chi connectivity index (χ2n) is 10.8. The van der Waals surface area contributed by atoms with E-state index in [1.54, 1.807) is 19.1 Å². The smallest absolute Gasteiger partial charge is 0.249 e. The summed E-state index contributed by atoms with van der Waals surface area (Å²) in [5.41, 5.74) is 2.16. The molecule has 0 spiro atoms. The molecule has 2 fully saturated rings. The summed E-state index contributed by atoms with van der Waals surface area (Å²) in [6.07, 6.45) is 4.39. The van der Waals surface area contributed by atoms with Crippen LogP contribution in [0.2, 0.25) is 0 Å². The van der Waals surface area contributed by atoms with Gasteiger partial charge in [-0.25, -0.2) is 4.98 Å². The Labute approximate surface area is 225 Å². The quantitative estimate of drug-likeness (QED) is 0.545. The van der Waals surface area contributed by atoms with Gasteiger partial charge in [-0.3, -0.25) is 9.59 Å². The Morgan fingerprint density at radius 3 is 2.55 bits per heavy atom. The zero-order valence-electron chi connectivity index (χ0n) is 22.9. The van der Waals surface area contributed by atoms with Crippen molar-refractivity contribution in [3.05, 3.63) is 35.9 Å². The second-order valence-corrected chi connectivity index (χ2v) is 10.8. The summed E-state index contributed by atoms with van der Waals surface area (Å²) in [6, 6.07) is 9.23. The number of piperidine rings is 1. The molecule has 1 aromatic carbocycles. The average Bonchev–Trinajstić information content (AvgIpc) is 2.93. The summed E-state index contributed by atoms with van der Waals surface area (Å²) in [7, 11) is 5.56. The number of hydrogen-bond donors (Lipinski definition) is 1. The number of Topliss-reactive ketones (excluding diaryl/α,β-unsaturated/α-hetero) is 1. The van der Waals surface area contributed by atoms with Crippen molar-refractivity contribution >= 4 is 34.7 Å². The van der Waals surface area contributed by atoms with Crippen LogP contribution < -0.4 is 19.9 Å². The number of amides is 1. The first-order chi connectivity index (χ1) is 18.4. The molecule has 38 heavy (non-hydrogen) atoms. The number of carbonyl (C=O) groups is 2. The highest BCUT2D eigenvalue weighted by Crippen LogP contribution is 2.39. The van der Waals surface area contributed by atoms with E-state index < -0.39 is 0 Å². The minimum atomic E-state index is -0.312. The van der Waals surface area contributed by atoms with Gasteiger partial charge in [0, 0.05) is 38.3 Å². The van der Waals surface area contributed by atoms with Crippen LogP contribution >= 0.6 is 0 Å². The molecule has 1 aromatic heterocycles. The van der Waals surface area contributed by atoms with Crippen molar-refractivity contribution in [1.82, 2.24) is 9.88 Å². The van der Waals surface area contributed by atoms with Gasteiger partial charge in [-0.15, -0.1) is 0 Å². The Hall–Kier alpha value is -3.17. The van der Waals surface area contributed by atoms with Gasteiger partial charge in [-0.1, -0.05) is 0 Å². The molecule has 1 atom stereocenters. The van der Waals surface area contributed by atoms with Crippen LogP contribution in [0, 0.1) is 5.92 Å². The third-order valence-electron chi connectivity index (χ3n) is 8.25. The number of pyridine rings is 1. The largest absolute Gasteiger partial charge is 0.495 e. The number of likely N-dealkylation sites (N-methyl/N-ethyl adjacent to an activating group) is 1. The van der Waals surface area contributed by atoms with Crippen LogP contribution in [0.3, 0.4) is 0 Å². The number of aromatic nitrogens is 1. The van der Waals surface area contributed by atoms with E-state index in [1.807, 2.05) is 37.3 Å². The molecule has 204 valence electrons. The summed E-state index contributed by atoms with van der Waals surface area (Å²) in [5.74, 6) is 2.70. The summed E-state index contributed by atoms with van der Waals surface area (Å²) in [5, 5.41) is 3.39. The van der Waals surface area contributed by atoms with Gasteiger partial charge in [0.15, 0.2) is 11.6 Å². The molecule has 2 saturated heterocycles. The maximum Gasteiger partial charge on any atom is 0.249 e. The molecular formula is C29H39N5O4. The summed E-state index contributed by atoms with van der Waals surface area (Å²) in [6.45, 7) is 5.40. The number of methoxy groups -OCH3 is 1. The van der Waals surface area contributed by atoms with Gasteiger partial charge in [0.25, 0.3) is 0 Å². The van der Waals surface area contributed by atoms with E-state index in [0.29, 0.717) is 48.4 Å². The number of carbonyl (C=O) groups excluding carboxylic acids is 2. The zero-order valence-corrected chi connectivity index (χ0v) is 22.9. The lowest BCUT2D eigenvalue weighted by molar-refractivity contribution is -0.119. The van der Waals surface area contributed by atoms with E-state index in [-0.39, 0.29) is 23.8 Å². The van der Waals surface area contributed by atoms with Crippen molar-refractivity contribution in [3.8, 4) is 5.75 Å². The number of nitrogens with zero attached hydrogens (tertiary/aromatic N) is 4. The Bertz CT molecular complexity index is 1170. The van der Waals surface area contributed by atoms with Gasteiger partial charge in [0.05, 0.1) is 18.5 Å². The molecule has 0 saturated carbocycles. The highest BCUT2D eigenvalue weighted by Gasteiger charge is 2.39. The first kappa shape index (κ1) is 26.4. The van der Waals surface area contributed by atoms with Gasteiger partial charge < -0.3 is 29.5 Å². The van der Waals surface area contributed by atoms with Crippen LogP contribution in [0.5, 0.6) is 5.75 Å². The number of benzene rings is 1. The third-order valence-corrected chi connectivity index (χ3v) is 8.25. The monoisotopic (exact) mass is 521 g/mol. The van der Waals surface area contributed by atoms with E-state index >= 15 is 0 Å². The number of ketones is 1. The molecule has 9 heteroatoms. The fraction of sp³-hybridized carbons (Fsp3) is 0.552. The summed E-state index contributed by atoms with van der Waals surface area (Å²) in [4.78, 5) is 37.3. The lowest BCUT2D eigenvalue weighted by Gasteiger charge is -2.44. The number of nitrogens with one attached hydrogen (secondary N) is 1. The molecule has 3 aliphatic heterocycles. The number of likely N-dealkylation sites (tertiary alicyclic amines) is 1. The Morgan fingerprint density at radius 1 is 1.11 bits per heavy atom. The first-order valence-corrected chi connectivity index (χ1v) is 13.7. The fourth-order valence-electron chi connectivity index (χ4n) is 5.88. The molecule has 3 aliphatic rings. The van der Waals surface area contributed by atoms with Crippen LogP contribution in [0.4, 0.5) is 23.0 Å². The van der Waals surface area contributed by atoms with Crippen molar-refractivity contribution in [1.29, 1.82) is 0 Å². The molecule has 4 heterocycles. The topological polar surface area (TPSA) is 87.2 Å². The molecule has 1 amide bonds. The van der Waals surface area contributed by atoms with Crippen molar-refractivity contribution < 1.29 is 19.1 Å². The highest BCUT2D eigenvalue weighted by atomic mass is 16.5. The normalized spacial score (nSPS) is 21.4. The van der Waals surface area contributed by atoms with E-state index in [2.05, 4.69) is 22.2 Å². The van der Waals surface area contributed by atoms with E-state index in [9.17, 15) is 9.59 Å². The van der Waals surface area contributed by atoms with Gasteiger partial charge in [-0.05, 0) is 89.0 Å². The van der Waals surface area contributed by atoms with Gasteiger partial charge in [-0.2, -0.15) is 0 Å². The maximum atomic E-state index is 13.2. The van der Waals surface area contributed by atoms with E-state index in [1.165, 1.54) is 0 Å². The van der Waals surface area contributed by atoms with Gasteiger partial charge in [0.2, 0.25) is 5.91 Å². The van der Waals surface area contributed by atoms with Crippen molar-refractivity contribution in [2.45, 2.75) is 51.1 Å².